The van der Waals surface area contributed by atoms with Gasteiger partial charge in [0, 0.05) is 21.0 Å². The number of rotatable bonds is 0. The molecule has 0 amide bonds. The molecule has 0 fully saturated rings. The van der Waals surface area contributed by atoms with E-state index in [-0.39, 0.29) is 0 Å². The smallest absolute Gasteiger partial charge is 0.0642 e. The van der Waals surface area contributed by atoms with Crippen LogP contribution in [0.5, 0.6) is 0 Å². The van der Waals surface area contributed by atoms with E-state index in [1.54, 1.807) is 0 Å². The Bertz CT molecular complexity index is 1020. The molecule has 18 heavy (non-hydrogen) atoms. The lowest BCUT2D eigenvalue weighted by molar-refractivity contribution is 1.36. The van der Waals surface area contributed by atoms with Crippen LogP contribution >= 0.6 is 11.3 Å². The first-order valence-electron chi connectivity index (χ1n) is 6.06. The molecule has 2 heteroatoms. The molecular weight excluding hydrogens is 238 g/mol. The van der Waals surface area contributed by atoms with Crippen LogP contribution < -0.4 is 0 Å². The highest BCUT2D eigenvalue weighted by atomic mass is 32.1. The van der Waals surface area contributed by atoms with E-state index in [1.807, 2.05) is 11.3 Å². The first-order valence-corrected chi connectivity index (χ1v) is 6.88. The maximum Gasteiger partial charge on any atom is 0.0642 e. The molecule has 84 valence electrons. The van der Waals surface area contributed by atoms with Gasteiger partial charge in [0.1, 0.15) is 0 Å². The van der Waals surface area contributed by atoms with Crippen LogP contribution in [0.1, 0.15) is 0 Å². The van der Waals surface area contributed by atoms with Crippen LogP contribution in [0.2, 0.25) is 0 Å². The standard InChI is InChI=1S/C16H9NS/c1-2-7-14-11(5-1)15-12-6-3-4-10-8-9-13(17(10)12)16(15)18-14/h1-9H. The van der Waals surface area contributed by atoms with E-state index < -0.39 is 0 Å². The molecule has 5 rings (SSSR count). The summed E-state index contributed by atoms with van der Waals surface area (Å²) in [6.07, 6.45) is 0. The zero-order chi connectivity index (χ0) is 11.7. The van der Waals surface area contributed by atoms with Gasteiger partial charge in [-0.2, -0.15) is 0 Å². The molecule has 4 heterocycles. The number of benzene rings is 1. The van der Waals surface area contributed by atoms with Crippen molar-refractivity contribution in [2.75, 3.05) is 0 Å². The number of aromatic nitrogens is 1. The van der Waals surface area contributed by atoms with Gasteiger partial charge in [0.25, 0.3) is 0 Å². The van der Waals surface area contributed by atoms with Crippen molar-refractivity contribution < 1.29 is 0 Å². The van der Waals surface area contributed by atoms with E-state index in [2.05, 4.69) is 59.0 Å². The van der Waals surface area contributed by atoms with Crippen LogP contribution in [0.4, 0.5) is 0 Å². The SMILES string of the molecule is c1ccc2c(c1)sc1c2c2cccc3ccc1n32. The Kier molecular flexibility index (Phi) is 1.41. The van der Waals surface area contributed by atoms with Crippen molar-refractivity contribution in [3.05, 3.63) is 54.6 Å². The molecule has 0 radical (unpaired) electrons. The van der Waals surface area contributed by atoms with E-state index in [0.29, 0.717) is 0 Å². The van der Waals surface area contributed by atoms with E-state index in [4.69, 9.17) is 0 Å². The van der Waals surface area contributed by atoms with Crippen LogP contribution in [0, 0.1) is 0 Å². The van der Waals surface area contributed by atoms with Gasteiger partial charge in [-0.05, 0) is 30.3 Å². The highest BCUT2D eigenvalue weighted by Gasteiger charge is 2.15. The second-order valence-corrected chi connectivity index (χ2v) is 5.74. The fourth-order valence-corrected chi connectivity index (χ4v) is 4.24. The molecule has 0 saturated carbocycles. The van der Waals surface area contributed by atoms with E-state index in [0.717, 1.165) is 0 Å². The molecule has 5 aromatic rings. The van der Waals surface area contributed by atoms with Gasteiger partial charge >= 0.3 is 0 Å². The summed E-state index contributed by atoms with van der Waals surface area (Å²) >= 11 is 1.90. The van der Waals surface area contributed by atoms with Crippen molar-refractivity contribution in [1.29, 1.82) is 0 Å². The van der Waals surface area contributed by atoms with E-state index in [1.165, 1.54) is 36.7 Å². The summed E-state index contributed by atoms with van der Waals surface area (Å²) in [6, 6.07) is 19.7. The van der Waals surface area contributed by atoms with Crippen molar-refractivity contribution in [1.82, 2.24) is 4.40 Å². The van der Waals surface area contributed by atoms with Gasteiger partial charge in [0.05, 0.1) is 15.7 Å². The number of hydrogen-bond donors (Lipinski definition) is 0. The second-order valence-electron chi connectivity index (χ2n) is 4.69. The first-order chi connectivity index (χ1) is 8.93. The number of nitrogens with zero attached hydrogens (tertiary/aromatic N) is 1. The Morgan fingerprint density at radius 3 is 2.72 bits per heavy atom. The van der Waals surface area contributed by atoms with Gasteiger partial charge in [-0.15, -0.1) is 11.3 Å². The predicted octanol–water partition coefficient (Wildman–Crippen LogP) is 4.90. The average molecular weight is 247 g/mol. The molecule has 0 bridgehead atoms. The molecule has 0 unspecified atom stereocenters. The molecule has 0 aliphatic carbocycles. The van der Waals surface area contributed by atoms with Gasteiger partial charge in [-0.1, -0.05) is 24.3 Å². The Labute approximate surface area is 107 Å². The van der Waals surface area contributed by atoms with E-state index in [9.17, 15) is 0 Å². The average Bonchev–Trinajstić information content (AvgIpc) is 3.06. The normalized spacial score (nSPS) is 12.4. The summed E-state index contributed by atoms with van der Waals surface area (Å²) in [6.45, 7) is 0. The fourth-order valence-electron chi connectivity index (χ4n) is 3.02. The Balaban J connectivity index is 2.27. The van der Waals surface area contributed by atoms with Crippen LogP contribution in [0.25, 0.3) is 36.7 Å². The largest absolute Gasteiger partial charge is 0.308 e. The highest BCUT2D eigenvalue weighted by molar-refractivity contribution is 7.26. The molecule has 1 nitrogen and oxygen atoms in total. The predicted molar refractivity (Wildman–Crippen MR) is 79.0 cm³/mol. The minimum Gasteiger partial charge on any atom is -0.308 e. The maximum absolute atomic E-state index is 2.37. The van der Waals surface area contributed by atoms with Crippen molar-refractivity contribution in [2.24, 2.45) is 0 Å². The number of fused-ring (bicyclic) bond motifs is 5. The highest BCUT2D eigenvalue weighted by Crippen LogP contribution is 2.41. The third kappa shape index (κ3) is 0.865. The Hall–Kier alpha value is -2.06. The molecule has 1 aromatic carbocycles. The first kappa shape index (κ1) is 8.95. The topological polar surface area (TPSA) is 4.41 Å². The lowest BCUT2D eigenvalue weighted by Crippen LogP contribution is -1.79. The molecule has 4 aromatic heterocycles. The number of hydrogen-bond acceptors (Lipinski definition) is 1. The minimum atomic E-state index is 1.29. The summed E-state index contributed by atoms with van der Waals surface area (Å²) in [7, 11) is 0. The molecule has 0 aliphatic rings. The third-order valence-corrected chi connectivity index (χ3v) is 4.95. The number of thiophene rings is 1. The van der Waals surface area contributed by atoms with Crippen LogP contribution in [-0.2, 0) is 0 Å². The molecule has 0 atom stereocenters. The van der Waals surface area contributed by atoms with Gasteiger partial charge in [-0.3, -0.25) is 0 Å². The summed E-state index contributed by atoms with van der Waals surface area (Å²) in [5.74, 6) is 0. The van der Waals surface area contributed by atoms with Gasteiger partial charge in [-0.25, -0.2) is 0 Å². The Morgan fingerprint density at radius 1 is 0.778 bits per heavy atom. The summed E-state index contributed by atoms with van der Waals surface area (Å²) in [5, 5.41) is 2.80. The lowest BCUT2D eigenvalue weighted by atomic mass is 10.2. The van der Waals surface area contributed by atoms with Crippen molar-refractivity contribution in [2.45, 2.75) is 0 Å². The number of pyridine rings is 1. The van der Waals surface area contributed by atoms with Crippen molar-refractivity contribution in [3.63, 3.8) is 0 Å². The van der Waals surface area contributed by atoms with Crippen molar-refractivity contribution >= 4 is 48.1 Å². The summed E-state index contributed by atoms with van der Waals surface area (Å²) < 4.78 is 5.16. The van der Waals surface area contributed by atoms with Gasteiger partial charge in [0.15, 0.2) is 0 Å². The van der Waals surface area contributed by atoms with Crippen molar-refractivity contribution in [3.8, 4) is 0 Å². The molecule has 0 spiro atoms. The molecule has 0 aliphatic heterocycles. The Morgan fingerprint density at radius 2 is 1.72 bits per heavy atom. The fraction of sp³-hybridized carbons (Fsp3) is 0. The summed E-state index contributed by atoms with van der Waals surface area (Å²) in [4.78, 5) is 0. The van der Waals surface area contributed by atoms with Crippen LogP contribution in [-0.4, -0.2) is 4.40 Å². The second kappa shape index (κ2) is 2.85. The van der Waals surface area contributed by atoms with Crippen LogP contribution in [0.15, 0.2) is 54.6 Å². The zero-order valence-electron chi connectivity index (χ0n) is 9.55. The lowest BCUT2D eigenvalue weighted by Gasteiger charge is -1.96. The van der Waals surface area contributed by atoms with Gasteiger partial charge < -0.3 is 4.40 Å². The molecule has 0 N–H and O–H groups in total. The monoisotopic (exact) mass is 247 g/mol. The van der Waals surface area contributed by atoms with E-state index >= 15 is 0 Å². The van der Waals surface area contributed by atoms with Gasteiger partial charge in [0.2, 0.25) is 0 Å². The molecule has 0 saturated heterocycles. The maximum atomic E-state index is 2.37. The quantitative estimate of drug-likeness (QED) is 0.366. The third-order valence-electron chi connectivity index (χ3n) is 3.76. The molecular formula is C16H9NS. The summed E-state index contributed by atoms with van der Waals surface area (Å²) in [5.41, 5.74) is 3.96. The zero-order valence-corrected chi connectivity index (χ0v) is 10.4. The van der Waals surface area contributed by atoms with Crippen LogP contribution in [0.3, 0.4) is 0 Å². The minimum absolute atomic E-state index is 1.29.